The molecule has 2 fully saturated rings. The van der Waals surface area contributed by atoms with Crippen molar-refractivity contribution in [3.8, 4) is 0 Å². The molecule has 0 radical (unpaired) electrons. The third kappa shape index (κ3) is 13.9. The second kappa shape index (κ2) is 14.0. The van der Waals surface area contributed by atoms with Crippen LogP contribution in [0.15, 0.2) is 0 Å². The van der Waals surface area contributed by atoms with Crippen LogP contribution in [0.1, 0.15) is 92.9 Å². The number of hydrogen-bond acceptors (Lipinski definition) is 4. The molecule has 0 heterocycles. The van der Waals surface area contributed by atoms with Crippen LogP contribution < -0.4 is 10.6 Å². The SMILES string of the molecule is CC(C)(C)OC(=O)N[C@@H]1CCC[C@H](CBr)C1.CC(C)(C)OC(=O)N[C@H]1CCC[C@@H](CBr)C1. The number of halogens is 2. The second-order valence-electron chi connectivity index (χ2n) is 11.1. The van der Waals surface area contributed by atoms with Crippen LogP contribution >= 0.6 is 31.9 Å². The molecule has 0 aromatic heterocycles. The summed E-state index contributed by atoms with van der Waals surface area (Å²) in [7, 11) is 0. The van der Waals surface area contributed by atoms with E-state index in [0.29, 0.717) is 11.8 Å². The van der Waals surface area contributed by atoms with Gasteiger partial charge in [0.05, 0.1) is 0 Å². The zero-order valence-corrected chi connectivity index (χ0v) is 23.9. The fraction of sp³-hybridized carbons (Fsp3) is 0.917. The van der Waals surface area contributed by atoms with Gasteiger partial charge in [0.15, 0.2) is 0 Å². The molecule has 0 aliphatic heterocycles. The van der Waals surface area contributed by atoms with E-state index in [1.807, 2.05) is 41.5 Å². The summed E-state index contributed by atoms with van der Waals surface area (Å²) in [4.78, 5) is 23.2. The first-order valence-electron chi connectivity index (χ1n) is 11.9. The molecule has 2 N–H and O–H groups in total. The highest BCUT2D eigenvalue weighted by Crippen LogP contribution is 2.26. The maximum atomic E-state index is 11.6. The Bertz CT molecular complexity index is 525. The average molecular weight is 584 g/mol. The Hall–Kier alpha value is -0.500. The highest BCUT2D eigenvalue weighted by molar-refractivity contribution is 9.09. The van der Waals surface area contributed by atoms with Crippen molar-refractivity contribution in [2.45, 2.75) is 116 Å². The summed E-state index contributed by atoms with van der Waals surface area (Å²) < 4.78 is 10.5. The topological polar surface area (TPSA) is 76.7 Å². The van der Waals surface area contributed by atoms with Crippen molar-refractivity contribution in [3.05, 3.63) is 0 Å². The number of nitrogens with one attached hydrogen (secondary N) is 2. The molecule has 0 bridgehead atoms. The van der Waals surface area contributed by atoms with Gasteiger partial charge in [-0.25, -0.2) is 9.59 Å². The van der Waals surface area contributed by atoms with Gasteiger partial charge in [-0.2, -0.15) is 0 Å². The van der Waals surface area contributed by atoms with E-state index in [0.717, 1.165) is 36.3 Å². The molecular weight excluding hydrogens is 540 g/mol. The van der Waals surface area contributed by atoms with E-state index in [1.54, 1.807) is 0 Å². The Labute approximate surface area is 212 Å². The fourth-order valence-electron chi connectivity index (χ4n) is 4.07. The van der Waals surface area contributed by atoms with Crippen LogP contribution in [0.4, 0.5) is 9.59 Å². The van der Waals surface area contributed by atoms with E-state index in [1.165, 1.54) is 25.7 Å². The van der Waals surface area contributed by atoms with Crippen LogP contribution in [0.5, 0.6) is 0 Å². The number of carbonyl (C=O) groups is 2. The minimum Gasteiger partial charge on any atom is -0.444 e. The molecule has 0 saturated heterocycles. The molecule has 0 spiro atoms. The molecule has 0 aromatic rings. The predicted octanol–water partition coefficient (Wildman–Crippen LogP) is 6.93. The quantitative estimate of drug-likeness (QED) is 0.352. The second-order valence-corrected chi connectivity index (χ2v) is 12.4. The minimum atomic E-state index is -0.409. The molecule has 32 heavy (non-hydrogen) atoms. The highest BCUT2D eigenvalue weighted by atomic mass is 79.9. The molecule has 6 nitrogen and oxygen atoms in total. The number of amides is 2. The summed E-state index contributed by atoms with van der Waals surface area (Å²) in [6.45, 7) is 11.3. The maximum Gasteiger partial charge on any atom is 0.407 e. The van der Waals surface area contributed by atoms with Gasteiger partial charge in [0.2, 0.25) is 0 Å². The number of alkyl halides is 2. The average Bonchev–Trinajstić information content (AvgIpc) is 2.65. The number of alkyl carbamates (subject to hydrolysis) is 2. The molecule has 0 aromatic carbocycles. The molecule has 4 atom stereocenters. The van der Waals surface area contributed by atoms with Crippen molar-refractivity contribution >= 4 is 44.0 Å². The smallest absolute Gasteiger partial charge is 0.407 e. The number of carbonyl (C=O) groups excluding carboxylic acids is 2. The van der Waals surface area contributed by atoms with Gasteiger partial charge in [-0.1, -0.05) is 44.7 Å². The molecule has 2 aliphatic rings. The van der Waals surface area contributed by atoms with Gasteiger partial charge in [-0.15, -0.1) is 0 Å². The summed E-state index contributed by atoms with van der Waals surface area (Å²) in [5, 5.41) is 7.97. The Kier molecular flexibility index (Phi) is 12.9. The van der Waals surface area contributed by atoms with Gasteiger partial charge in [0, 0.05) is 22.7 Å². The lowest BCUT2D eigenvalue weighted by atomic mass is 9.87. The number of rotatable bonds is 4. The predicted molar refractivity (Wildman–Crippen MR) is 138 cm³/mol. The van der Waals surface area contributed by atoms with Gasteiger partial charge >= 0.3 is 12.2 Å². The molecule has 2 amide bonds. The Morgan fingerprint density at radius 2 is 1.06 bits per heavy atom. The van der Waals surface area contributed by atoms with E-state index in [-0.39, 0.29) is 24.3 Å². The fourth-order valence-corrected chi connectivity index (χ4v) is 5.25. The minimum absolute atomic E-state index is 0.283. The summed E-state index contributed by atoms with van der Waals surface area (Å²) in [5.41, 5.74) is -0.818. The van der Waals surface area contributed by atoms with Crippen LogP contribution in [-0.2, 0) is 9.47 Å². The van der Waals surface area contributed by atoms with Gasteiger partial charge in [-0.05, 0) is 91.9 Å². The largest absolute Gasteiger partial charge is 0.444 e. The van der Waals surface area contributed by atoms with E-state index in [9.17, 15) is 9.59 Å². The standard InChI is InChI=1S/2C12H22BrNO2/c2*1-12(2,3)16-11(15)14-10-6-4-5-9(7-10)8-13/h2*9-10H,4-8H2,1-3H3,(H,14,15)/t2*9-,10+/m10/s1. The molecule has 0 unspecified atom stereocenters. The van der Waals surface area contributed by atoms with Crippen molar-refractivity contribution in [2.75, 3.05) is 10.7 Å². The van der Waals surface area contributed by atoms with Crippen molar-refractivity contribution < 1.29 is 19.1 Å². The zero-order valence-electron chi connectivity index (χ0n) is 20.8. The molecule has 2 rings (SSSR count). The van der Waals surface area contributed by atoms with Crippen molar-refractivity contribution in [2.24, 2.45) is 11.8 Å². The lowest BCUT2D eigenvalue weighted by Crippen LogP contribution is -2.41. The first-order chi connectivity index (χ1) is 14.8. The van der Waals surface area contributed by atoms with Crippen LogP contribution in [-0.4, -0.2) is 46.1 Å². The Balaban J connectivity index is 0.000000320. The van der Waals surface area contributed by atoms with Crippen LogP contribution in [0.2, 0.25) is 0 Å². The van der Waals surface area contributed by atoms with E-state index < -0.39 is 11.2 Å². The van der Waals surface area contributed by atoms with Crippen LogP contribution in [0, 0.1) is 11.8 Å². The third-order valence-corrected chi connectivity index (χ3v) is 7.28. The highest BCUT2D eigenvalue weighted by Gasteiger charge is 2.26. The van der Waals surface area contributed by atoms with Gasteiger partial charge < -0.3 is 20.1 Å². The van der Waals surface area contributed by atoms with Gasteiger partial charge in [0.25, 0.3) is 0 Å². The van der Waals surface area contributed by atoms with Crippen molar-refractivity contribution in [1.82, 2.24) is 10.6 Å². The van der Waals surface area contributed by atoms with Crippen molar-refractivity contribution in [1.29, 1.82) is 0 Å². The van der Waals surface area contributed by atoms with Crippen LogP contribution in [0.25, 0.3) is 0 Å². The summed E-state index contributed by atoms with van der Waals surface area (Å²) in [6.07, 6.45) is 8.60. The summed E-state index contributed by atoms with van der Waals surface area (Å²) in [6, 6.07) is 0.567. The van der Waals surface area contributed by atoms with Crippen molar-refractivity contribution in [3.63, 3.8) is 0 Å². The van der Waals surface area contributed by atoms with E-state index >= 15 is 0 Å². The lowest BCUT2D eigenvalue weighted by molar-refractivity contribution is 0.0474. The van der Waals surface area contributed by atoms with E-state index in [4.69, 9.17) is 9.47 Å². The van der Waals surface area contributed by atoms with E-state index in [2.05, 4.69) is 42.5 Å². The third-order valence-electron chi connectivity index (χ3n) is 5.44. The molecular formula is C24H44Br2N2O4. The van der Waals surface area contributed by atoms with Gasteiger partial charge in [-0.3, -0.25) is 0 Å². The molecule has 2 aliphatic carbocycles. The Morgan fingerprint density at radius 1 is 0.719 bits per heavy atom. The first kappa shape index (κ1) is 29.5. The molecule has 2 saturated carbocycles. The molecule has 188 valence electrons. The Morgan fingerprint density at radius 3 is 1.34 bits per heavy atom. The normalized spacial score (nSPS) is 26.2. The maximum absolute atomic E-state index is 11.6. The zero-order chi connectivity index (χ0) is 24.4. The monoisotopic (exact) mass is 582 g/mol. The van der Waals surface area contributed by atoms with Crippen LogP contribution in [0.3, 0.4) is 0 Å². The summed E-state index contributed by atoms with van der Waals surface area (Å²) in [5.74, 6) is 1.38. The number of hydrogen-bond donors (Lipinski definition) is 2. The summed E-state index contributed by atoms with van der Waals surface area (Å²) >= 11 is 7.02. The lowest BCUT2D eigenvalue weighted by Gasteiger charge is -2.29. The molecule has 8 heteroatoms. The van der Waals surface area contributed by atoms with Gasteiger partial charge in [0.1, 0.15) is 11.2 Å². The number of ether oxygens (including phenoxy) is 2. The first-order valence-corrected chi connectivity index (χ1v) is 14.2.